The molecule has 1 aromatic carbocycles. The third kappa shape index (κ3) is 4.03. The summed E-state index contributed by atoms with van der Waals surface area (Å²) in [6.45, 7) is 2.11. The van der Waals surface area contributed by atoms with Crippen LogP contribution in [0.2, 0.25) is 5.02 Å². The molecule has 5 heteroatoms. The van der Waals surface area contributed by atoms with Crippen LogP contribution in [0.5, 0.6) is 0 Å². The number of pyridine rings is 2. The number of hydrogen-bond donors (Lipinski definition) is 1. The van der Waals surface area contributed by atoms with Gasteiger partial charge in [-0.2, -0.15) is 0 Å². The molecule has 3 rings (SSSR count). The monoisotopic (exact) mass is 351 g/mol. The second-order valence-corrected chi connectivity index (χ2v) is 6.03. The summed E-state index contributed by atoms with van der Waals surface area (Å²) in [6, 6.07) is 14.8. The van der Waals surface area contributed by atoms with Crippen molar-refractivity contribution in [1.29, 1.82) is 0 Å². The lowest BCUT2D eigenvalue weighted by molar-refractivity contribution is 0.102. The van der Waals surface area contributed by atoms with E-state index in [9.17, 15) is 4.79 Å². The smallest absolute Gasteiger partial charge is 0.274 e. The lowest BCUT2D eigenvalue weighted by atomic mass is 10.1. The Labute approximate surface area is 151 Å². The number of aromatic nitrogens is 2. The Kier molecular flexibility index (Phi) is 5.41. The molecule has 3 aromatic rings. The predicted molar refractivity (Wildman–Crippen MR) is 101 cm³/mol. The number of rotatable bonds is 5. The van der Waals surface area contributed by atoms with Gasteiger partial charge in [0.2, 0.25) is 0 Å². The average Bonchev–Trinajstić information content (AvgIpc) is 2.64. The number of carbonyl (C=O) groups is 1. The molecule has 1 N–H and O–H groups in total. The van der Waals surface area contributed by atoms with E-state index in [0.717, 1.165) is 29.7 Å². The van der Waals surface area contributed by atoms with Crippen LogP contribution in [-0.2, 0) is 6.42 Å². The van der Waals surface area contributed by atoms with E-state index in [1.807, 2.05) is 24.3 Å². The van der Waals surface area contributed by atoms with Gasteiger partial charge in [0.15, 0.2) is 0 Å². The normalized spacial score (nSPS) is 10.5. The number of nitrogens with one attached hydrogen (secondary N) is 1. The van der Waals surface area contributed by atoms with Crippen molar-refractivity contribution in [3.8, 4) is 11.3 Å². The zero-order valence-electron chi connectivity index (χ0n) is 13.9. The summed E-state index contributed by atoms with van der Waals surface area (Å²) < 4.78 is 0. The maximum Gasteiger partial charge on any atom is 0.274 e. The summed E-state index contributed by atoms with van der Waals surface area (Å²) in [5, 5.41) is 3.49. The van der Waals surface area contributed by atoms with Crippen molar-refractivity contribution in [2.45, 2.75) is 19.8 Å². The Morgan fingerprint density at radius 3 is 2.64 bits per heavy atom. The Morgan fingerprint density at radius 1 is 1.08 bits per heavy atom. The molecule has 0 aliphatic rings. The fourth-order valence-electron chi connectivity index (χ4n) is 2.58. The van der Waals surface area contributed by atoms with Crippen molar-refractivity contribution in [2.24, 2.45) is 0 Å². The van der Waals surface area contributed by atoms with Gasteiger partial charge in [0.1, 0.15) is 5.69 Å². The number of nitrogens with zero attached hydrogens (tertiary/aromatic N) is 2. The molecule has 0 atom stereocenters. The molecule has 0 spiro atoms. The molecule has 0 unspecified atom stereocenters. The largest absolute Gasteiger partial charge is 0.320 e. The van der Waals surface area contributed by atoms with Gasteiger partial charge in [-0.05, 0) is 42.3 Å². The second kappa shape index (κ2) is 7.90. The Balaban J connectivity index is 1.79. The summed E-state index contributed by atoms with van der Waals surface area (Å²) in [4.78, 5) is 21.0. The van der Waals surface area contributed by atoms with Crippen LogP contribution in [0.25, 0.3) is 11.3 Å². The van der Waals surface area contributed by atoms with Crippen LogP contribution in [0.3, 0.4) is 0 Å². The Bertz CT molecular complexity index is 878. The summed E-state index contributed by atoms with van der Waals surface area (Å²) in [7, 11) is 0. The topological polar surface area (TPSA) is 54.9 Å². The molecular weight excluding hydrogens is 334 g/mol. The molecule has 0 aliphatic heterocycles. The van der Waals surface area contributed by atoms with Gasteiger partial charge in [-0.15, -0.1) is 0 Å². The Morgan fingerprint density at radius 2 is 1.92 bits per heavy atom. The lowest BCUT2D eigenvalue weighted by Crippen LogP contribution is -2.14. The highest BCUT2D eigenvalue weighted by atomic mass is 35.5. The zero-order chi connectivity index (χ0) is 17.6. The van der Waals surface area contributed by atoms with E-state index in [4.69, 9.17) is 11.6 Å². The highest BCUT2D eigenvalue weighted by Gasteiger charge is 2.11. The van der Waals surface area contributed by atoms with Crippen LogP contribution in [0, 0.1) is 0 Å². The van der Waals surface area contributed by atoms with Crippen LogP contribution in [0.4, 0.5) is 5.69 Å². The van der Waals surface area contributed by atoms with Crippen LogP contribution in [-0.4, -0.2) is 15.9 Å². The molecule has 4 nitrogen and oxygen atoms in total. The second-order valence-electron chi connectivity index (χ2n) is 5.63. The minimum Gasteiger partial charge on any atom is -0.320 e. The summed E-state index contributed by atoms with van der Waals surface area (Å²) in [6.07, 6.45) is 5.22. The molecule has 0 bridgehead atoms. The third-order valence-electron chi connectivity index (χ3n) is 3.81. The van der Waals surface area contributed by atoms with Gasteiger partial charge in [0.05, 0.1) is 10.7 Å². The minimum absolute atomic E-state index is 0.234. The summed E-state index contributed by atoms with van der Waals surface area (Å²) in [5.74, 6) is -0.234. The minimum atomic E-state index is -0.234. The summed E-state index contributed by atoms with van der Waals surface area (Å²) >= 11 is 6.15. The van der Waals surface area contributed by atoms with E-state index < -0.39 is 0 Å². The number of benzene rings is 1. The number of carbonyl (C=O) groups excluding carboxylic acids is 1. The quantitative estimate of drug-likeness (QED) is 0.703. The van der Waals surface area contributed by atoms with E-state index in [0.29, 0.717) is 16.4 Å². The van der Waals surface area contributed by atoms with Crippen molar-refractivity contribution in [3.05, 3.63) is 77.2 Å². The first kappa shape index (κ1) is 17.1. The SMILES string of the molecule is CCCc1ccccc1NC(=O)c1ccc(-c2ncccc2Cl)cn1. The van der Waals surface area contributed by atoms with Crippen molar-refractivity contribution >= 4 is 23.2 Å². The number of halogens is 1. The van der Waals surface area contributed by atoms with Crippen molar-refractivity contribution in [1.82, 2.24) is 9.97 Å². The van der Waals surface area contributed by atoms with Crippen LogP contribution >= 0.6 is 11.6 Å². The van der Waals surface area contributed by atoms with Gasteiger partial charge in [0.25, 0.3) is 5.91 Å². The molecule has 25 heavy (non-hydrogen) atoms. The number of aryl methyl sites for hydroxylation is 1. The lowest BCUT2D eigenvalue weighted by Gasteiger charge is -2.10. The molecule has 0 fully saturated rings. The van der Waals surface area contributed by atoms with Crippen LogP contribution < -0.4 is 5.32 Å². The van der Waals surface area contributed by atoms with E-state index in [-0.39, 0.29) is 5.91 Å². The first-order chi connectivity index (χ1) is 12.2. The standard InChI is InChI=1S/C20H18ClN3O/c1-2-6-14-7-3-4-9-17(14)24-20(25)18-11-10-15(13-23-18)19-16(21)8-5-12-22-19/h3-5,7-13H,2,6H2,1H3,(H,24,25). The molecule has 0 aliphatic carbocycles. The molecule has 126 valence electrons. The van der Waals surface area contributed by atoms with Crippen LogP contribution in [0.1, 0.15) is 29.4 Å². The number of anilines is 1. The number of amides is 1. The Hall–Kier alpha value is -2.72. The predicted octanol–water partition coefficient (Wildman–Crippen LogP) is 5.00. The maximum atomic E-state index is 12.5. The summed E-state index contributed by atoms with van der Waals surface area (Å²) in [5.41, 5.74) is 3.72. The number of para-hydroxylation sites is 1. The van der Waals surface area contributed by atoms with E-state index in [2.05, 4.69) is 22.2 Å². The molecule has 0 saturated carbocycles. The number of hydrogen-bond acceptors (Lipinski definition) is 3. The van der Waals surface area contributed by atoms with E-state index in [1.165, 1.54) is 0 Å². The van der Waals surface area contributed by atoms with Crippen molar-refractivity contribution in [2.75, 3.05) is 5.32 Å². The molecule has 0 radical (unpaired) electrons. The van der Waals surface area contributed by atoms with Gasteiger partial charge < -0.3 is 5.32 Å². The fraction of sp³-hybridized carbons (Fsp3) is 0.150. The maximum absolute atomic E-state index is 12.5. The van der Waals surface area contributed by atoms with Gasteiger partial charge in [0, 0.05) is 23.6 Å². The van der Waals surface area contributed by atoms with Crippen molar-refractivity contribution < 1.29 is 4.79 Å². The molecule has 2 heterocycles. The molecule has 1 amide bonds. The van der Waals surface area contributed by atoms with Gasteiger partial charge in [-0.25, -0.2) is 0 Å². The first-order valence-electron chi connectivity index (χ1n) is 8.15. The van der Waals surface area contributed by atoms with E-state index in [1.54, 1.807) is 36.7 Å². The zero-order valence-corrected chi connectivity index (χ0v) is 14.6. The van der Waals surface area contributed by atoms with Crippen LogP contribution in [0.15, 0.2) is 60.9 Å². The first-order valence-corrected chi connectivity index (χ1v) is 8.53. The van der Waals surface area contributed by atoms with Gasteiger partial charge in [-0.1, -0.05) is 43.1 Å². The molecule has 2 aromatic heterocycles. The highest BCUT2D eigenvalue weighted by molar-refractivity contribution is 6.33. The third-order valence-corrected chi connectivity index (χ3v) is 4.12. The molecule has 0 saturated heterocycles. The van der Waals surface area contributed by atoms with Gasteiger partial charge in [-0.3, -0.25) is 14.8 Å². The average molecular weight is 352 g/mol. The highest BCUT2D eigenvalue weighted by Crippen LogP contribution is 2.24. The molecular formula is C20H18ClN3O. The van der Waals surface area contributed by atoms with Gasteiger partial charge >= 0.3 is 0 Å². The fourth-order valence-corrected chi connectivity index (χ4v) is 2.81. The van der Waals surface area contributed by atoms with E-state index >= 15 is 0 Å². The van der Waals surface area contributed by atoms with Crippen molar-refractivity contribution in [3.63, 3.8) is 0 Å².